The van der Waals surface area contributed by atoms with Crippen LogP contribution in [0.25, 0.3) is 0 Å². The fourth-order valence-corrected chi connectivity index (χ4v) is 3.75. The summed E-state index contributed by atoms with van der Waals surface area (Å²) in [5, 5.41) is 11.0. The van der Waals surface area contributed by atoms with Crippen LogP contribution in [0.4, 0.5) is 0 Å². The molecule has 0 radical (unpaired) electrons. The third-order valence-corrected chi connectivity index (χ3v) is 4.98. The molecule has 0 aromatic heterocycles. The van der Waals surface area contributed by atoms with Crippen LogP contribution in [0, 0.1) is 0 Å². The van der Waals surface area contributed by atoms with Gasteiger partial charge >= 0.3 is 0 Å². The van der Waals surface area contributed by atoms with Gasteiger partial charge < -0.3 is 29.1 Å². The van der Waals surface area contributed by atoms with Crippen molar-refractivity contribution in [2.45, 2.75) is 18.4 Å². The van der Waals surface area contributed by atoms with Gasteiger partial charge in [0, 0.05) is 18.7 Å². The second-order valence-corrected chi connectivity index (χ2v) is 7.05. The van der Waals surface area contributed by atoms with Crippen molar-refractivity contribution in [2.75, 3.05) is 52.7 Å². The van der Waals surface area contributed by atoms with Gasteiger partial charge in [0.25, 0.3) is 5.91 Å². The van der Waals surface area contributed by atoms with Crippen molar-refractivity contribution in [1.29, 1.82) is 0 Å². The van der Waals surface area contributed by atoms with Crippen LogP contribution in [0.5, 0.6) is 11.5 Å². The number of fused-ring (bicyclic) bond motifs is 1. The second-order valence-electron chi connectivity index (χ2n) is 7.05. The number of nitrogens with zero attached hydrogens (tertiary/aromatic N) is 2. The molecule has 0 saturated carbocycles. The van der Waals surface area contributed by atoms with Gasteiger partial charge in [-0.25, -0.2) is 0 Å². The molecule has 2 fully saturated rings. The Morgan fingerprint density at radius 1 is 1.16 bits per heavy atom. The SMILES string of the molecule is O=C(c1ccc2c(c1)OCO2)N1CCOC[C@@](O)(CN2CCCC2)C1. The smallest absolute Gasteiger partial charge is 0.254 e. The first-order valence-corrected chi connectivity index (χ1v) is 8.84. The predicted molar refractivity (Wildman–Crippen MR) is 89.9 cm³/mol. The Labute approximate surface area is 147 Å². The molecule has 1 amide bonds. The standard InChI is InChI=1S/C18H24N2O5/c21-17(14-3-4-15-16(9-14)25-13-24-15)20-7-8-23-12-18(22,11-20)10-19-5-1-2-6-19/h3-4,9,22H,1-2,5-8,10-13H2/t18-/m1/s1. The average Bonchev–Trinajstić information content (AvgIpc) is 3.23. The zero-order chi connectivity index (χ0) is 17.3. The third-order valence-electron chi connectivity index (χ3n) is 4.98. The van der Waals surface area contributed by atoms with E-state index < -0.39 is 5.60 Å². The zero-order valence-corrected chi connectivity index (χ0v) is 14.3. The van der Waals surface area contributed by atoms with Crippen molar-refractivity contribution in [3.63, 3.8) is 0 Å². The minimum atomic E-state index is -1.03. The summed E-state index contributed by atoms with van der Waals surface area (Å²) in [7, 11) is 0. The van der Waals surface area contributed by atoms with Gasteiger partial charge in [0.2, 0.25) is 6.79 Å². The average molecular weight is 348 g/mol. The number of likely N-dealkylation sites (tertiary alicyclic amines) is 1. The van der Waals surface area contributed by atoms with E-state index in [0.29, 0.717) is 36.8 Å². The van der Waals surface area contributed by atoms with E-state index in [1.54, 1.807) is 23.1 Å². The van der Waals surface area contributed by atoms with Gasteiger partial charge in [0.1, 0.15) is 5.60 Å². The highest BCUT2D eigenvalue weighted by Crippen LogP contribution is 2.33. The normalized spacial score (nSPS) is 26.7. The summed E-state index contributed by atoms with van der Waals surface area (Å²) in [6.45, 7) is 4.15. The largest absolute Gasteiger partial charge is 0.454 e. The molecule has 1 aromatic carbocycles. The number of carbonyl (C=O) groups is 1. The highest BCUT2D eigenvalue weighted by atomic mass is 16.7. The van der Waals surface area contributed by atoms with Gasteiger partial charge in [-0.1, -0.05) is 0 Å². The summed E-state index contributed by atoms with van der Waals surface area (Å²) >= 11 is 0. The summed E-state index contributed by atoms with van der Waals surface area (Å²) in [6, 6.07) is 5.19. The highest BCUT2D eigenvalue weighted by molar-refractivity contribution is 5.95. The Bertz CT molecular complexity index is 646. The number of hydrogen-bond donors (Lipinski definition) is 1. The van der Waals surface area contributed by atoms with Crippen LogP contribution < -0.4 is 9.47 Å². The number of hydrogen-bond acceptors (Lipinski definition) is 6. The lowest BCUT2D eigenvalue weighted by Crippen LogP contribution is -2.53. The van der Waals surface area contributed by atoms with E-state index in [4.69, 9.17) is 14.2 Å². The molecular formula is C18H24N2O5. The van der Waals surface area contributed by atoms with E-state index in [-0.39, 0.29) is 25.9 Å². The monoisotopic (exact) mass is 348 g/mol. The molecule has 0 unspecified atom stereocenters. The number of carbonyl (C=O) groups excluding carboxylic acids is 1. The fourth-order valence-electron chi connectivity index (χ4n) is 3.75. The molecule has 0 bridgehead atoms. The number of rotatable bonds is 3. The lowest BCUT2D eigenvalue weighted by atomic mass is 10.0. The van der Waals surface area contributed by atoms with Gasteiger partial charge in [-0.15, -0.1) is 0 Å². The minimum absolute atomic E-state index is 0.122. The summed E-state index contributed by atoms with van der Waals surface area (Å²) in [5.41, 5.74) is -0.498. The first-order valence-electron chi connectivity index (χ1n) is 8.84. The van der Waals surface area contributed by atoms with Gasteiger partial charge in [-0.3, -0.25) is 4.79 Å². The molecule has 0 spiro atoms. The van der Waals surface area contributed by atoms with Crippen LogP contribution in [0.1, 0.15) is 23.2 Å². The van der Waals surface area contributed by atoms with Crippen LogP contribution in [0.2, 0.25) is 0 Å². The summed E-state index contributed by atoms with van der Waals surface area (Å²) in [5.74, 6) is 1.12. The second kappa shape index (κ2) is 6.82. The van der Waals surface area contributed by atoms with Crippen LogP contribution in [0.3, 0.4) is 0 Å². The molecule has 7 nitrogen and oxygen atoms in total. The van der Waals surface area contributed by atoms with Crippen molar-refractivity contribution in [3.8, 4) is 11.5 Å². The molecule has 3 aliphatic rings. The van der Waals surface area contributed by atoms with Gasteiger partial charge in [-0.2, -0.15) is 0 Å². The lowest BCUT2D eigenvalue weighted by Gasteiger charge is -2.34. The fraction of sp³-hybridized carbons (Fsp3) is 0.611. The molecule has 1 aromatic rings. The molecule has 25 heavy (non-hydrogen) atoms. The van der Waals surface area contributed by atoms with Crippen molar-refractivity contribution in [3.05, 3.63) is 23.8 Å². The van der Waals surface area contributed by atoms with Crippen molar-refractivity contribution in [1.82, 2.24) is 9.80 Å². The van der Waals surface area contributed by atoms with Crippen LogP contribution >= 0.6 is 0 Å². The summed E-state index contributed by atoms with van der Waals surface area (Å²) in [6.07, 6.45) is 2.33. The molecule has 2 saturated heterocycles. The summed E-state index contributed by atoms with van der Waals surface area (Å²) in [4.78, 5) is 16.9. The van der Waals surface area contributed by atoms with E-state index in [1.807, 2.05) is 0 Å². The maximum atomic E-state index is 12.9. The molecule has 4 rings (SSSR count). The van der Waals surface area contributed by atoms with E-state index in [9.17, 15) is 9.90 Å². The molecule has 1 atom stereocenters. The topological polar surface area (TPSA) is 71.5 Å². The minimum Gasteiger partial charge on any atom is -0.454 e. The number of benzene rings is 1. The Hall–Kier alpha value is -1.83. The number of amides is 1. The quantitative estimate of drug-likeness (QED) is 0.868. The molecule has 0 aliphatic carbocycles. The van der Waals surface area contributed by atoms with Gasteiger partial charge in [-0.05, 0) is 44.1 Å². The van der Waals surface area contributed by atoms with Crippen molar-refractivity contribution < 1.29 is 24.1 Å². The third kappa shape index (κ3) is 3.58. The first kappa shape index (κ1) is 16.6. The van der Waals surface area contributed by atoms with E-state index in [1.165, 1.54) is 0 Å². The number of ether oxygens (including phenoxy) is 3. The number of aliphatic hydroxyl groups is 1. The van der Waals surface area contributed by atoms with Crippen LogP contribution in [0.15, 0.2) is 18.2 Å². The van der Waals surface area contributed by atoms with Crippen molar-refractivity contribution >= 4 is 5.91 Å². The molecule has 1 N–H and O–H groups in total. The lowest BCUT2D eigenvalue weighted by molar-refractivity contribution is -0.0524. The van der Waals surface area contributed by atoms with E-state index in [2.05, 4.69) is 4.90 Å². The molecule has 3 aliphatic heterocycles. The Morgan fingerprint density at radius 3 is 2.80 bits per heavy atom. The van der Waals surface area contributed by atoms with E-state index >= 15 is 0 Å². The summed E-state index contributed by atoms with van der Waals surface area (Å²) < 4.78 is 16.2. The van der Waals surface area contributed by atoms with Gasteiger partial charge in [0.15, 0.2) is 11.5 Å². The van der Waals surface area contributed by atoms with Crippen LogP contribution in [-0.4, -0.2) is 79.1 Å². The molecule has 3 heterocycles. The first-order chi connectivity index (χ1) is 12.1. The Kier molecular flexibility index (Phi) is 4.54. The Morgan fingerprint density at radius 2 is 1.96 bits per heavy atom. The van der Waals surface area contributed by atoms with Crippen LogP contribution in [-0.2, 0) is 4.74 Å². The van der Waals surface area contributed by atoms with Gasteiger partial charge in [0.05, 0.1) is 19.8 Å². The molecule has 136 valence electrons. The maximum Gasteiger partial charge on any atom is 0.254 e. The molecular weight excluding hydrogens is 324 g/mol. The zero-order valence-electron chi connectivity index (χ0n) is 14.3. The predicted octanol–water partition coefficient (Wildman–Crippen LogP) is 0.715. The Balaban J connectivity index is 1.49. The van der Waals surface area contributed by atoms with E-state index in [0.717, 1.165) is 25.9 Å². The highest BCUT2D eigenvalue weighted by Gasteiger charge is 2.37. The van der Waals surface area contributed by atoms with Crippen molar-refractivity contribution in [2.24, 2.45) is 0 Å². The number of β-amino-alcohol motifs (C(OH)–C–C–N with tert-alkyl or cyclic N) is 1. The molecule has 7 heteroatoms. The maximum absolute atomic E-state index is 12.9.